The van der Waals surface area contributed by atoms with Crippen LogP contribution in [0.2, 0.25) is 0 Å². The molecule has 0 saturated carbocycles. The molecule has 1 saturated heterocycles. The van der Waals surface area contributed by atoms with E-state index in [-0.39, 0.29) is 12.0 Å². The summed E-state index contributed by atoms with van der Waals surface area (Å²) in [6, 6.07) is 17.6. The van der Waals surface area contributed by atoms with Crippen LogP contribution >= 0.6 is 0 Å². The highest BCUT2D eigenvalue weighted by Crippen LogP contribution is 2.40. The minimum Gasteiger partial charge on any atom is -0.497 e. The summed E-state index contributed by atoms with van der Waals surface area (Å²) in [6.45, 7) is 4.53. The second-order valence-corrected chi connectivity index (χ2v) is 9.02. The van der Waals surface area contributed by atoms with E-state index in [0.29, 0.717) is 61.5 Å². The highest BCUT2D eigenvalue weighted by atomic mass is 16.6. The Bertz CT molecular complexity index is 1250. The van der Waals surface area contributed by atoms with E-state index in [1.807, 2.05) is 18.2 Å². The number of carbonyl (C=O) groups is 1. The van der Waals surface area contributed by atoms with Gasteiger partial charge in [0.25, 0.3) is 5.91 Å². The zero-order valence-electron chi connectivity index (χ0n) is 20.9. The molecule has 7 heteroatoms. The van der Waals surface area contributed by atoms with Crippen molar-refractivity contribution < 1.29 is 28.5 Å². The van der Waals surface area contributed by atoms with Crippen LogP contribution in [0, 0.1) is 6.92 Å². The lowest BCUT2D eigenvalue weighted by Crippen LogP contribution is -2.32. The van der Waals surface area contributed by atoms with Crippen molar-refractivity contribution in [1.82, 2.24) is 4.90 Å². The fraction of sp³-hybridized carbons (Fsp3) is 0.345. The predicted octanol–water partition coefficient (Wildman–Crippen LogP) is 4.88. The van der Waals surface area contributed by atoms with Gasteiger partial charge in [0.1, 0.15) is 24.2 Å². The van der Waals surface area contributed by atoms with Crippen molar-refractivity contribution in [3.05, 3.63) is 71.3 Å². The molecule has 0 bridgehead atoms. The number of aryl methyl sites for hydroxylation is 1. The lowest BCUT2D eigenvalue weighted by Gasteiger charge is -2.22. The van der Waals surface area contributed by atoms with Crippen LogP contribution in [0.3, 0.4) is 0 Å². The first kappa shape index (κ1) is 24.0. The fourth-order valence-electron chi connectivity index (χ4n) is 4.73. The first-order chi connectivity index (χ1) is 17.6. The number of nitrogens with zero attached hydrogens (tertiary/aromatic N) is 1. The Kier molecular flexibility index (Phi) is 7.00. The van der Waals surface area contributed by atoms with Crippen LogP contribution in [0.5, 0.6) is 23.0 Å². The van der Waals surface area contributed by atoms with Crippen molar-refractivity contribution in [3.63, 3.8) is 0 Å². The van der Waals surface area contributed by atoms with Gasteiger partial charge in [0.2, 0.25) is 0 Å². The number of amides is 1. The Labute approximate surface area is 211 Å². The molecule has 7 nitrogen and oxygen atoms in total. The molecule has 188 valence electrons. The van der Waals surface area contributed by atoms with Crippen molar-refractivity contribution in [1.29, 1.82) is 0 Å². The SMILES string of the molecule is COc1ccc(C(=O)N2CCOc3c(cc(-c4ccccc4C)cc3O[C@H]3CCOC3)C2)c(OC)c1. The number of benzene rings is 3. The summed E-state index contributed by atoms with van der Waals surface area (Å²) in [5.41, 5.74) is 4.70. The summed E-state index contributed by atoms with van der Waals surface area (Å²) < 4.78 is 28.9. The number of hydrogen-bond acceptors (Lipinski definition) is 6. The standard InChI is InChI=1S/C29H31NO6/c1-19-6-4-5-7-24(19)20-14-21-17-30(29(31)25-9-8-22(32-2)16-26(25)33-3)11-13-35-28(21)27(15-20)36-23-10-12-34-18-23/h4-9,14-16,23H,10-13,17-18H2,1-3H3/t23-/m0/s1. The summed E-state index contributed by atoms with van der Waals surface area (Å²) in [6.07, 6.45) is 0.819. The van der Waals surface area contributed by atoms with Gasteiger partial charge in [-0.15, -0.1) is 0 Å². The Morgan fingerprint density at radius 1 is 1.00 bits per heavy atom. The predicted molar refractivity (Wildman–Crippen MR) is 136 cm³/mol. The zero-order chi connectivity index (χ0) is 25.1. The molecule has 2 aliphatic heterocycles. The van der Waals surface area contributed by atoms with Crippen LogP contribution in [-0.2, 0) is 11.3 Å². The van der Waals surface area contributed by atoms with E-state index in [0.717, 1.165) is 28.7 Å². The molecule has 1 atom stereocenters. The van der Waals surface area contributed by atoms with Crippen molar-refractivity contribution in [2.24, 2.45) is 0 Å². The van der Waals surface area contributed by atoms with Crippen molar-refractivity contribution in [2.75, 3.05) is 40.6 Å². The van der Waals surface area contributed by atoms with E-state index >= 15 is 0 Å². The topological polar surface area (TPSA) is 66.5 Å². The van der Waals surface area contributed by atoms with E-state index in [1.165, 1.54) is 0 Å². The number of fused-ring (bicyclic) bond motifs is 1. The van der Waals surface area contributed by atoms with Gasteiger partial charge in [0.15, 0.2) is 11.5 Å². The summed E-state index contributed by atoms with van der Waals surface area (Å²) in [5, 5.41) is 0. The lowest BCUT2D eigenvalue weighted by atomic mass is 9.97. The van der Waals surface area contributed by atoms with E-state index in [9.17, 15) is 4.79 Å². The zero-order valence-corrected chi connectivity index (χ0v) is 20.9. The molecule has 3 aromatic rings. The normalized spacial score (nSPS) is 17.1. The summed E-state index contributed by atoms with van der Waals surface area (Å²) in [4.78, 5) is 15.4. The largest absolute Gasteiger partial charge is 0.497 e. The molecule has 2 aliphatic rings. The molecule has 0 spiro atoms. The van der Waals surface area contributed by atoms with E-state index in [1.54, 1.807) is 37.3 Å². The molecular formula is C29H31NO6. The third-order valence-electron chi connectivity index (χ3n) is 6.66. The molecule has 0 N–H and O–H groups in total. The average Bonchev–Trinajstić information content (AvgIpc) is 3.31. The second kappa shape index (κ2) is 10.5. The fourth-order valence-corrected chi connectivity index (χ4v) is 4.73. The highest BCUT2D eigenvalue weighted by Gasteiger charge is 2.28. The molecule has 0 radical (unpaired) electrons. The smallest absolute Gasteiger partial charge is 0.258 e. The molecule has 0 aromatic heterocycles. The van der Waals surface area contributed by atoms with Crippen LogP contribution in [0.15, 0.2) is 54.6 Å². The van der Waals surface area contributed by atoms with Gasteiger partial charge in [-0.1, -0.05) is 24.3 Å². The minimum absolute atomic E-state index is 0.0191. The van der Waals surface area contributed by atoms with Gasteiger partial charge in [-0.05, 0) is 47.9 Å². The molecule has 1 amide bonds. The number of methoxy groups -OCH3 is 2. The van der Waals surface area contributed by atoms with Gasteiger partial charge in [-0.25, -0.2) is 0 Å². The maximum absolute atomic E-state index is 13.6. The van der Waals surface area contributed by atoms with Crippen LogP contribution in [-0.4, -0.2) is 57.5 Å². The molecule has 0 aliphatic carbocycles. The summed E-state index contributed by atoms with van der Waals surface area (Å²) in [7, 11) is 3.14. The molecule has 5 rings (SSSR count). The van der Waals surface area contributed by atoms with E-state index in [2.05, 4.69) is 25.1 Å². The maximum Gasteiger partial charge on any atom is 0.258 e. The first-order valence-corrected chi connectivity index (χ1v) is 12.2. The quantitative estimate of drug-likeness (QED) is 0.492. The first-order valence-electron chi connectivity index (χ1n) is 12.2. The number of hydrogen-bond donors (Lipinski definition) is 0. The molecule has 1 fully saturated rings. The Morgan fingerprint density at radius 3 is 2.61 bits per heavy atom. The van der Waals surface area contributed by atoms with Crippen molar-refractivity contribution in [2.45, 2.75) is 26.0 Å². The van der Waals surface area contributed by atoms with Crippen LogP contribution in [0.25, 0.3) is 11.1 Å². The van der Waals surface area contributed by atoms with Gasteiger partial charge in [-0.3, -0.25) is 4.79 Å². The number of rotatable bonds is 6. The molecule has 2 heterocycles. The lowest BCUT2D eigenvalue weighted by molar-refractivity contribution is 0.0729. The maximum atomic E-state index is 13.6. The molecule has 3 aromatic carbocycles. The average molecular weight is 490 g/mol. The Hall–Kier alpha value is -3.71. The van der Waals surface area contributed by atoms with Gasteiger partial charge in [0, 0.05) is 24.6 Å². The molecular weight excluding hydrogens is 458 g/mol. The Morgan fingerprint density at radius 2 is 1.86 bits per heavy atom. The van der Waals surface area contributed by atoms with Crippen LogP contribution < -0.4 is 18.9 Å². The minimum atomic E-state index is -0.126. The third-order valence-corrected chi connectivity index (χ3v) is 6.66. The van der Waals surface area contributed by atoms with Gasteiger partial charge >= 0.3 is 0 Å². The van der Waals surface area contributed by atoms with Gasteiger partial charge in [-0.2, -0.15) is 0 Å². The summed E-state index contributed by atoms with van der Waals surface area (Å²) >= 11 is 0. The van der Waals surface area contributed by atoms with Gasteiger partial charge < -0.3 is 28.6 Å². The summed E-state index contributed by atoms with van der Waals surface area (Å²) in [5.74, 6) is 2.37. The Balaban J connectivity index is 1.52. The third kappa shape index (κ3) is 4.84. The number of ether oxygens (including phenoxy) is 5. The van der Waals surface area contributed by atoms with Crippen molar-refractivity contribution in [3.8, 4) is 34.1 Å². The molecule has 0 unspecified atom stereocenters. The second-order valence-electron chi connectivity index (χ2n) is 9.02. The van der Waals surface area contributed by atoms with E-state index < -0.39 is 0 Å². The monoisotopic (exact) mass is 489 g/mol. The van der Waals surface area contributed by atoms with E-state index in [4.69, 9.17) is 23.7 Å². The molecule has 36 heavy (non-hydrogen) atoms. The van der Waals surface area contributed by atoms with Gasteiger partial charge in [0.05, 0.1) is 39.5 Å². The van der Waals surface area contributed by atoms with Crippen LogP contribution in [0.4, 0.5) is 0 Å². The highest BCUT2D eigenvalue weighted by molar-refractivity contribution is 5.97. The number of carbonyl (C=O) groups excluding carboxylic acids is 1. The van der Waals surface area contributed by atoms with Crippen molar-refractivity contribution >= 4 is 5.91 Å². The van der Waals surface area contributed by atoms with Crippen LogP contribution in [0.1, 0.15) is 27.9 Å².